The zero-order valence-electron chi connectivity index (χ0n) is 10.5. The van der Waals surface area contributed by atoms with Crippen molar-refractivity contribution in [1.29, 1.82) is 5.26 Å². The monoisotopic (exact) mass is 220 g/mol. The van der Waals surface area contributed by atoms with E-state index in [0.717, 1.165) is 18.5 Å². The molecule has 1 aromatic heterocycles. The molecule has 0 radical (unpaired) electrons. The first-order valence-electron chi connectivity index (χ1n) is 5.78. The van der Waals surface area contributed by atoms with Gasteiger partial charge in [0, 0.05) is 0 Å². The van der Waals surface area contributed by atoms with Gasteiger partial charge in [-0.15, -0.1) is 0 Å². The van der Waals surface area contributed by atoms with Crippen molar-refractivity contribution in [2.24, 2.45) is 5.92 Å². The topological polar surface area (TPSA) is 67.6 Å². The van der Waals surface area contributed by atoms with E-state index in [4.69, 9.17) is 11.0 Å². The van der Waals surface area contributed by atoms with Gasteiger partial charge in [-0.25, -0.2) is 4.68 Å². The number of hydrogen-bond donors (Lipinski definition) is 1. The van der Waals surface area contributed by atoms with E-state index in [1.807, 2.05) is 0 Å². The van der Waals surface area contributed by atoms with Gasteiger partial charge in [-0.1, -0.05) is 20.8 Å². The number of aromatic nitrogens is 2. The molecule has 0 fully saturated rings. The highest BCUT2D eigenvalue weighted by Crippen LogP contribution is 2.23. The molecule has 0 aliphatic heterocycles. The molecule has 1 heterocycles. The number of nitriles is 1. The minimum atomic E-state index is 0.244. The maximum Gasteiger partial charge on any atom is 0.140 e. The third-order valence-electron chi connectivity index (χ3n) is 2.74. The highest BCUT2D eigenvalue weighted by atomic mass is 15.3. The largest absolute Gasteiger partial charge is 0.383 e. The van der Waals surface area contributed by atoms with Crippen LogP contribution in [0, 0.1) is 17.2 Å². The molecule has 0 bridgehead atoms. The molecule has 0 aliphatic carbocycles. The van der Waals surface area contributed by atoms with Crippen molar-refractivity contribution in [3.05, 3.63) is 11.3 Å². The molecule has 0 spiro atoms. The lowest BCUT2D eigenvalue weighted by Gasteiger charge is -2.10. The third kappa shape index (κ3) is 2.35. The summed E-state index contributed by atoms with van der Waals surface area (Å²) in [6.07, 6.45) is 1.76. The quantitative estimate of drug-likeness (QED) is 0.847. The van der Waals surface area contributed by atoms with Crippen molar-refractivity contribution in [2.45, 2.75) is 46.6 Å². The summed E-state index contributed by atoms with van der Waals surface area (Å²) < 4.78 is 1.77. The van der Waals surface area contributed by atoms with E-state index in [1.54, 1.807) is 4.68 Å². The molecule has 0 aliphatic rings. The Morgan fingerprint density at radius 2 is 2.06 bits per heavy atom. The van der Waals surface area contributed by atoms with Gasteiger partial charge in [0.15, 0.2) is 0 Å². The van der Waals surface area contributed by atoms with Gasteiger partial charge in [-0.2, -0.15) is 10.4 Å². The summed E-state index contributed by atoms with van der Waals surface area (Å²) in [5, 5.41) is 13.6. The van der Waals surface area contributed by atoms with Crippen LogP contribution in [0.25, 0.3) is 0 Å². The second-order valence-electron chi connectivity index (χ2n) is 4.62. The van der Waals surface area contributed by atoms with Crippen LogP contribution >= 0.6 is 0 Å². The van der Waals surface area contributed by atoms with Crippen LogP contribution in [0.1, 0.15) is 51.4 Å². The number of nitrogen functional groups attached to an aromatic ring is 1. The van der Waals surface area contributed by atoms with Crippen LogP contribution in [0.5, 0.6) is 0 Å². The fourth-order valence-corrected chi connectivity index (χ4v) is 1.66. The zero-order chi connectivity index (χ0) is 12.3. The van der Waals surface area contributed by atoms with Crippen LogP contribution in [0.2, 0.25) is 0 Å². The number of nitrogens with zero attached hydrogens (tertiary/aromatic N) is 3. The molecule has 4 heteroatoms. The van der Waals surface area contributed by atoms with Crippen LogP contribution in [0.15, 0.2) is 0 Å². The molecular weight excluding hydrogens is 200 g/mol. The van der Waals surface area contributed by atoms with Crippen LogP contribution in [-0.4, -0.2) is 9.78 Å². The van der Waals surface area contributed by atoms with E-state index in [9.17, 15) is 0 Å². The summed E-state index contributed by atoms with van der Waals surface area (Å²) in [5.41, 5.74) is 7.32. The van der Waals surface area contributed by atoms with Crippen molar-refractivity contribution in [2.75, 3.05) is 5.73 Å². The Balaban J connectivity index is 3.16. The average molecular weight is 220 g/mol. The minimum Gasteiger partial charge on any atom is -0.383 e. The maximum atomic E-state index is 9.10. The molecule has 1 atom stereocenters. The lowest BCUT2D eigenvalue weighted by Crippen LogP contribution is -2.09. The summed E-state index contributed by atoms with van der Waals surface area (Å²) in [7, 11) is 0. The number of nitrogens with two attached hydrogens (primary N) is 1. The van der Waals surface area contributed by atoms with Crippen LogP contribution in [0.3, 0.4) is 0 Å². The second kappa shape index (κ2) is 5.02. The van der Waals surface area contributed by atoms with Crippen molar-refractivity contribution < 1.29 is 0 Å². The molecule has 16 heavy (non-hydrogen) atoms. The molecular formula is C12H20N4. The van der Waals surface area contributed by atoms with Gasteiger partial charge in [0.2, 0.25) is 0 Å². The Morgan fingerprint density at radius 3 is 2.50 bits per heavy atom. The smallest absolute Gasteiger partial charge is 0.140 e. The summed E-state index contributed by atoms with van der Waals surface area (Å²) >= 11 is 0. The summed E-state index contributed by atoms with van der Waals surface area (Å²) in [4.78, 5) is 0. The van der Waals surface area contributed by atoms with Crippen LogP contribution in [-0.2, 0) is 6.42 Å². The molecule has 0 saturated heterocycles. The van der Waals surface area contributed by atoms with Gasteiger partial charge in [-0.3, -0.25) is 0 Å². The zero-order valence-corrected chi connectivity index (χ0v) is 10.5. The predicted octanol–water partition coefficient (Wildman–Crippen LogP) is 2.51. The molecule has 1 rings (SSSR count). The van der Waals surface area contributed by atoms with Crippen molar-refractivity contribution in [3.8, 4) is 6.07 Å². The maximum absolute atomic E-state index is 9.10. The average Bonchev–Trinajstić information content (AvgIpc) is 2.53. The van der Waals surface area contributed by atoms with Gasteiger partial charge >= 0.3 is 0 Å². The van der Waals surface area contributed by atoms with Gasteiger partial charge < -0.3 is 5.73 Å². The molecule has 0 amide bonds. The number of anilines is 1. The van der Waals surface area contributed by atoms with Crippen molar-refractivity contribution in [3.63, 3.8) is 0 Å². The number of rotatable bonds is 4. The van der Waals surface area contributed by atoms with Crippen molar-refractivity contribution >= 4 is 5.82 Å². The molecule has 2 N–H and O–H groups in total. The Morgan fingerprint density at radius 1 is 1.44 bits per heavy atom. The molecule has 1 aromatic rings. The summed E-state index contributed by atoms with van der Waals surface area (Å²) in [5.74, 6) is 0.985. The first-order valence-corrected chi connectivity index (χ1v) is 5.78. The van der Waals surface area contributed by atoms with E-state index < -0.39 is 0 Å². The van der Waals surface area contributed by atoms with E-state index in [0.29, 0.717) is 17.3 Å². The highest BCUT2D eigenvalue weighted by Gasteiger charge is 2.18. The summed E-state index contributed by atoms with van der Waals surface area (Å²) in [6, 6.07) is 2.40. The van der Waals surface area contributed by atoms with Crippen LogP contribution < -0.4 is 5.73 Å². The fraction of sp³-hybridized carbons (Fsp3) is 0.667. The first-order chi connectivity index (χ1) is 7.51. The molecule has 0 aromatic carbocycles. The Bertz CT molecular complexity index is 398. The second-order valence-corrected chi connectivity index (χ2v) is 4.62. The van der Waals surface area contributed by atoms with Crippen LogP contribution in [0.4, 0.5) is 5.82 Å². The van der Waals surface area contributed by atoms with E-state index in [1.165, 1.54) is 0 Å². The van der Waals surface area contributed by atoms with E-state index in [-0.39, 0.29) is 6.04 Å². The SMILES string of the molecule is CCC(C)n1nc(CC(C)C)c(C#N)c1N. The lowest BCUT2D eigenvalue weighted by atomic mass is 10.1. The Hall–Kier alpha value is -1.50. The molecule has 88 valence electrons. The Kier molecular flexibility index (Phi) is 3.94. The number of hydrogen-bond acceptors (Lipinski definition) is 3. The highest BCUT2D eigenvalue weighted by molar-refractivity contribution is 5.52. The molecule has 1 unspecified atom stereocenters. The van der Waals surface area contributed by atoms with E-state index in [2.05, 4.69) is 38.9 Å². The minimum absolute atomic E-state index is 0.244. The molecule has 4 nitrogen and oxygen atoms in total. The predicted molar refractivity (Wildman–Crippen MR) is 64.9 cm³/mol. The van der Waals surface area contributed by atoms with Gasteiger partial charge in [0.25, 0.3) is 0 Å². The third-order valence-corrected chi connectivity index (χ3v) is 2.74. The summed E-state index contributed by atoms with van der Waals surface area (Å²) in [6.45, 7) is 8.36. The normalized spacial score (nSPS) is 12.8. The molecule has 0 saturated carbocycles. The van der Waals surface area contributed by atoms with Gasteiger partial charge in [-0.05, 0) is 25.7 Å². The Labute approximate surface area is 97.1 Å². The fourth-order valence-electron chi connectivity index (χ4n) is 1.66. The van der Waals surface area contributed by atoms with E-state index >= 15 is 0 Å². The first kappa shape index (κ1) is 12.6. The van der Waals surface area contributed by atoms with Crippen molar-refractivity contribution in [1.82, 2.24) is 9.78 Å². The van der Waals surface area contributed by atoms with Gasteiger partial charge in [0.05, 0.1) is 11.7 Å². The lowest BCUT2D eigenvalue weighted by molar-refractivity contribution is 0.476. The standard InChI is InChI=1S/C12H20N4/c1-5-9(4)16-12(14)10(7-13)11(15-16)6-8(2)3/h8-9H,5-6,14H2,1-4H3. The van der Waals surface area contributed by atoms with Gasteiger partial charge in [0.1, 0.15) is 17.5 Å².